The molecule has 0 radical (unpaired) electrons. The molecule has 1 aromatic heterocycles. The van der Waals surface area contributed by atoms with Gasteiger partial charge in [0.05, 0.1) is 23.8 Å². The zero-order valence-corrected chi connectivity index (χ0v) is 21.0. The average Bonchev–Trinajstić information content (AvgIpc) is 2.78. The summed E-state index contributed by atoms with van der Waals surface area (Å²) < 4.78 is 55.8. The predicted octanol–water partition coefficient (Wildman–Crippen LogP) is 1.57. The first-order valence-corrected chi connectivity index (χ1v) is 14.1. The third-order valence-corrected chi connectivity index (χ3v) is 7.48. The standard InChI is InChI=1S/C21H27N7O6S2/c1-2-14-5-3-4-6-17(14)25-21-27-19(23-9-11-35(30,31)12-10-29)26-20(28-21)24-15-7-8-18(16(22)13-15)36(32,33)34/h3-8,13,29H,2,9-12,22H2,1H3,(H,32,33,34)(H3,23,24,25,26,27,28). The first-order chi connectivity index (χ1) is 17.0. The molecule has 0 aliphatic carbocycles. The predicted molar refractivity (Wildman–Crippen MR) is 137 cm³/mol. The van der Waals surface area contributed by atoms with Crippen molar-refractivity contribution in [3.63, 3.8) is 0 Å². The number of nitrogen functional groups attached to an aromatic ring is 1. The van der Waals surface area contributed by atoms with Crippen LogP contribution < -0.4 is 21.7 Å². The summed E-state index contributed by atoms with van der Waals surface area (Å²) in [5.41, 5.74) is 7.70. The minimum Gasteiger partial charge on any atom is -0.398 e. The lowest BCUT2D eigenvalue weighted by molar-refractivity contribution is 0.319. The zero-order valence-electron chi connectivity index (χ0n) is 19.3. The molecule has 1 heterocycles. The van der Waals surface area contributed by atoms with E-state index in [0.717, 1.165) is 23.7 Å². The molecular formula is C21H27N7O6S2. The van der Waals surface area contributed by atoms with E-state index >= 15 is 0 Å². The molecule has 2 aromatic carbocycles. The largest absolute Gasteiger partial charge is 0.398 e. The van der Waals surface area contributed by atoms with Gasteiger partial charge in [0.1, 0.15) is 4.90 Å². The van der Waals surface area contributed by atoms with Gasteiger partial charge in [-0.05, 0) is 36.2 Å². The molecule has 0 bridgehead atoms. The maximum absolute atomic E-state index is 11.9. The third-order valence-electron chi connectivity index (χ3n) is 4.92. The number of para-hydroxylation sites is 1. The van der Waals surface area contributed by atoms with Crippen LogP contribution in [0.2, 0.25) is 0 Å². The molecule has 0 unspecified atom stereocenters. The van der Waals surface area contributed by atoms with Crippen LogP contribution >= 0.6 is 0 Å². The molecule has 7 N–H and O–H groups in total. The Labute approximate surface area is 208 Å². The first-order valence-electron chi connectivity index (χ1n) is 10.8. The number of benzene rings is 2. The molecule has 0 saturated carbocycles. The van der Waals surface area contributed by atoms with E-state index in [4.69, 9.17) is 10.8 Å². The van der Waals surface area contributed by atoms with E-state index in [0.29, 0.717) is 5.69 Å². The first kappa shape index (κ1) is 27.1. The van der Waals surface area contributed by atoms with Crippen LogP contribution in [0.25, 0.3) is 0 Å². The van der Waals surface area contributed by atoms with Gasteiger partial charge in [-0.3, -0.25) is 4.55 Å². The van der Waals surface area contributed by atoms with Crippen molar-refractivity contribution in [2.45, 2.75) is 18.2 Å². The van der Waals surface area contributed by atoms with Crippen molar-refractivity contribution in [3.8, 4) is 0 Å². The van der Waals surface area contributed by atoms with Crippen LogP contribution in [0.1, 0.15) is 12.5 Å². The molecule has 194 valence electrons. The molecular weight excluding hydrogens is 510 g/mol. The van der Waals surface area contributed by atoms with E-state index in [1.807, 2.05) is 31.2 Å². The van der Waals surface area contributed by atoms with E-state index in [1.54, 1.807) is 0 Å². The lowest BCUT2D eigenvalue weighted by atomic mass is 10.1. The van der Waals surface area contributed by atoms with Crippen LogP contribution in [0.15, 0.2) is 47.4 Å². The third kappa shape index (κ3) is 7.48. The highest BCUT2D eigenvalue weighted by molar-refractivity contribution is 7.91. The van der Waals surface area contributed by atoms with Gasteiger partial charge in [0, 0.05) is 17.9 Å². The quantitative estimate of drug-likeness (QED) is 0.143. The highest BCUT2D eigenvalue weighted by Crippen LogP contribution is 2.25. The SMILES string of the molecule is CCc1ccccc1Nc1nc(NCCS(=O)(=O)CCO)nc(Nc2ccc(S(=O)(=O)O)c(N)c2)n1. The normalized spacial score (nSPS) is 11.8. The second-order valence-electron chi connectivity index (χ2n) is 7.60. The Hall–Kier alpha value is -3.53. The zero-order chi connectivity index (χ0) is 26.3. The van der Waals surface area contributed by atoms with Gasteiger partial charge in [0.25, 0.3) is 10.1 Å². The summed E-state index contributed by atoms with van der Waals surface area (Å²) in [6.07, 6.45) is 0.757. The number of nitrogens with two attached hydrogens (primary N) is 1. The minimum absolute atomic E-state index is 0.00716. The van der Waals surface area contributed by atoms with E-state index in [9.17, 15) is 21.4 Å². The fourth-order valence-electron chi connectivity index (χ4n) is 3.19. The molecule has 0 fully saturated rings. The number of rotatable bonds is 12. The lowest BCUT2D eigenvalue weighted by Gasteiger charge is -2.13. The van der Waals surface area contributed by atoms with E-state index in [-0.39, 0.29) is 41.6 Å². The molecule has 15 heteroatoms. The molecule has 3 rings (SSSR count). The highest BCUT2D eigenvalue weighted by atomic mass is 32.2. The topological polar surface area (TPSA) is 210 Å². The molecule has 0 saturated heterocycles. The molecule has 0 amide bonds. The van der Waals surface area contributed by atoms with Crippen molar-refractivity contribution in [1.82, 2.24) is 15.0 Å². The van der Waals surface area contributed by atoms with Gasteiger partial charge >= 0.3 is 0 Å². The lowest BCUT2D eigenvalue weighted by Crippen LogP contribution is -2.21. The minimum atomic E-state index is -4.48. The number of nitrogens with one attached hydrogen (secondary N) is 3. The number of anilines is 6. The van der Waals surface area contributed by atoms with Crippen LogP contribution in [-0.2, 0) is 26.4 Å². The second kappa shape index (κ2) is 11.5. The fraction of sp³-hybridized carbons (Fsp3) is 0.286. The van der Waals surface area contributed by atoms with Crippen molar-refractivity contribution in [1.29, 1.82) is 0 Å². The fourth-order valence-corrected chi connectivity index (χ4v) is 4.68. The van der Waals surface area contributed by atoms with Crippen LogP contribution in [0.3, 0.4) is 0 Å². The molecule has 0 aliphatic rings. The van der Waals surface area contributed by atoms with Crippen molar-refractivity contribution in [3.05, 3.63) is 48.0 Å². The molecule has 0 atom stereocenters. The summed E-state index contributed by atoms with van der Waals surface area (Å²) in [5.74, 6) is -0.291. The molecule has 0 spiro atoms. The van der Waals surface area contributed by atoms with E-state index < -0.39 is 31.5 Å². The number of aryl methyl sites for hydroxylation is 1. The van der Waals surface area contributed by atoms with E-state index in [2.05, 4.69) is 30.9 Å². The van der Waals surface area contributed by atoms with Crippen molar-refractivity contribution < 1.29 is 26.5 Å². The van der Waals surface area contributed by atoms with Crippen LogP contribution in [0.4, 0.5) is 34.9 Å². The molecule has 3 aromatic rings. The van der Waals surface area contributed by atoms with Crippen molar-refractivity contribution in [2.75, 3.05) is 46.3 Å². The smallest absolute Gasteiger partial charge is 0.296 e. The van der Waals surface area contributed by atoms with Crippen molar-refractivity contribution in [2.24, 2.45) is 0 Å². The second-order valence-corrected chi connectivity index (χ2v) is 11.3. The maximum atomic E-state index is 11.9. The Balaban J connectivity index is 1.90. The van der Waals surface area contributed by atoms with E-state index in [1.165, 1.54) is 12.1 Å². The highest BCUT2D eigenvalue weighted by Gasteiger charge is 2.16. The summed E-state index contributed by atoms with van der Waals surface area (Å²) in [7, 11) is -7.93. The van der Waals surface area contributed by atoms with Gasteiger partial charge in [0.2, 0.25) is 17.8 Å². The number of aliphatic hydroxyl groups excluding tert-OH is 1. The average molecular weight is 538 g/mol. The van der Waals surface area contributed by atoms with Crippen molar-refractivity contribution >= 4 is 54.9 Å². The van der Waals surface area contributed by atoms with Gasteiger partial charge in [-0.25, -0.2) is 8.42 Å². The van der Waals surface area contributed by atoms with Gasteiger partial charge in [0.15, 0.2) is 9.84 Å². The Bertz CT molecular complexity index is 1430. The number of hydrogen-bond acceptors (Lipinski definition) is 12. The molecule has 13 nitrogen and oxygen atoms in total. The van der Waals surface area contributed by atoms with Crippen LogP contribution in [0.5, 0.6) is 0 Å². The summed E-state index contributed by atoms with van der Waals surface area (Å²) >= 11 is 0. The molecule has 0 aliphatic heterocycles. The Morgan fingerprint density at radius 3 is 2.22 bits per heavy atom. The van der Waals surface area contributed by atoms with Gasteiger partial charge in [-0.2, -0.15) is 23.4 Å². The van der Waals surface area contributed by atoms with Gasteiger partial charge in [-0.1, -0.05) is 25.1 Å². The number of hydrogen-bond donors (Lipinski definition) is 6. The number of aliphatic hydroxyl groups is 1. The maximum Gasteiger partial charge on any atom is 0.296 e. The van der Waals surface area contributed by atoms with Crippen LogP contribution in [0, 0.1) is 0 Å². The summed E-state index contributed by atoms with van der Waals surface area (Å²) in [6.45, 7) is 1.53. The number of sulfone groups is 1. The van der Waals surface area contributed by atoms with Gasteiger partial charge < -0.3 is 26.8 Å². The Morgan fingerprint density at radius 2 is 1.58 bits per heavy atom. The summed E-state index contributed by atoms with van der Waals surface area (Å²) in [5, 5.41) is 17.8. The Kier molecular flexibility index (Phi) is 8.62. The number of aromatic nitrogens is 3. The summed E-state index contributed by atoms with van der Waals surface area (Å²) in [4.78, 5) is 12.5. The Morgan fingerprint density at radius 1 is 0.917 bits per heavy atom. The molecule has 36 heavy (non-hydrogen) atoms. The van der Waals surface area contributed by atoms with Gasteiger partial charge in [-0.15, -0.1) is 0 Å². The van der Waals surface area contributed by atoms with Crippen LogP contribution in [-0.4, -0.2) is 66.1 Å². The summed E-state index contributed by atoms with van der Waals surface area (Å²) in [6, 6.07) is 11.4. The monoisotopic (exact) mass is 537 g/mol. The number of nitrogens with zero attached hydrogens (tertiary/aromatic N) is 3.